The summed E-state index contributed by atoms with van der Waals surface area (Å²) in [5.74, 6) is 7.54. The first kappa shape index (κ1) is 16.0. The number of hydrogen-bond acceptors (Lipinski definition) is 3. The van der Waals surface area contributed by atoms with Crippen molar-refractivity contribution in [1.29, 1.82) is 0 Å². The second-order valence-corrected chi connectivity index (χ2v) is 5.86. The fourth-order valence-corrected chi connectivity index (χ4v) is 3.09. The maximum absolute atomic E-state index is 5.83. The van der Waals surface area contributed by atoms with Crippen LogP contribution in [-0.2, 0) is 13.5 Å². The lowest BCUT2D eigenvalue weighted by Crippen LogP contribution is -2.42. The molecular formula is C17H28N4. The number of nitrogens with two attached hydrogens (primary N) is 1. The molecule has 116 valence electrons. The average molecular weight is 288 g/mol. The highest BCUT2D eigenvalue weighted by Crippen LogP contribution is 2.21. The molecule has 0 spiro atoms. The molecule has 2 atom stereocenters. The summed E-state index contributed by atoms with van der Waals surface area (Å²) in [5, 5.41) is 0. The predicted molar refractivity (Wildman–Crippen MR) is 88.8 cm³/mol. The lowest BCUT2D eigenvalue weighted by Gasteiger charge is -2.25. The predicted octanol–water partition coefficient (Wildman–Crippen LogP) is 3.16. The van der Waals surface area contributed by atoms with E-state index < -0.39 is 0 Å². The molecular weight excluding hydrogens is 260 g/mol. The molecule has 0 radical (unpaired) electrons. The van der Waals surface area contributed by atoms with Gasteiger partial charge in [-0.15, -0.1) is 0 Å². The van der Waals surface area contributed by atoms with E-state index in [1.165, 1.54) is 24.8 Å². The molecule has 2 aromatic rings. The van der Waals surface area contributed by atoms with Crippen LogP contribution in [0.5, 0.6) is 0 Å². The summed E-state index contributed by atoms with van der Waals surface area (Å²) >= 11 is 0. The van der Waals surface area contributed by atoms with E-state index in [0.717, 1.165) is 24.2 Å². The highest BCUT2D eigenvalue weighted by Gasteiger charge is 2.21. The third kappa shape index (κ3) is 3.63. The van der Waals surface area contributed by atoms with Crippen LogP contribution in [0.15, 0.2) is 24.3 Å². The largest absolute Gasteiger partial charge is 0.331 e. The summed E-state index contributed by atoms with van der Waals surface area (Å²) in [6.45, 7) is 4.49. The molecule has 1 aromatic carbocycles. The van der Waals surface area contributed by atoms with Crippen molar-refractivity contribution in [3.63, 3.8) is 0 Å². The molecule has 0 bridgehead atoms. The third-order valence-electron chi connectivity index (χ3n) is 4.52. The minimum absolute atomic E-state index is 0.289. The van der Waals surface area contributed by atoms with E-state index in [1.54, 1.807) is 0 Å². The Morgan fingerprint density at radius 1 is 1.29 bits per heavy atom. The van der Waals surface area contributed by atoms with Crippen LogP contribution in [0.3, 0.4) is 0 Å². The molecule has 2 unspecified atom stereocenters. The summed E-state index contributed by atoms with van der Waals surface area (Å²) < 4.78 is 2.19. The number of para-hydroxylation sites is 2. The maximum atomic E-state index is 5.83. The van der Waals surface area contributed by atoms with E-state index in [2.05, 4.69) is 49.1 Å². The molecule has 0 aliphatic rings. The molecule has 0 amide bonds. The lowest BCUT2D eigenvalue weighted by atomic mass is 9.89. The molecule has 1 aromatic heterocycles. The Kier molecular flexibility index (Phi) is 5.76. The van der Waals surface area contributed by atoms with Crippen LogP contribution in [-0.4, -0.2) is 15.6 Å². The summed E-state index contributed by atoms with van der Waals surface area (Å²) in [4.78, 5) is 4.76. The number of nitrogens with one attached hydrogen (secondary N) is 1. The standard InChI is InChI=1S/C17H28N4/c1-4-6-9-13(5-2)15(20-18)12-17-19-14-10-7-8-11-16(14)21(17)3/h7-8,10-11,13,15,20H,4-6,9,12,18H2,1-3H3. The van der Waals surface area contributed by atoms with Crippen molar-refractivity contribution in [2.45, 2.75) is 52.0 Å². The van der Waals surface area contributed by atoms with Crippen molar-refractivity contribution in [2.24, 2.45) is 18.8 Å². The minimum atomic E-state index is 0.289. The molecule has 0 aliphatic carbocycles. The number of fused-ring (bicyclic) bond motifs is 1. The SMILES string of the molecule is CCCCC(CC)C(Cc1nc2ccccc2n1C)NN. The Morgan fingerprint density at radius 2 is 2.05 bits per heavy atom. The van der Waals surface area contributed by atoms with Gasteiger partial charge in [0, 0.05) is 19.5 Å². The fourth-order valence-electron chi connectivity index (χ4n) is 3.09. The number of hydrogen-bond donors (Lipinski definition) is 2. The van der Waals surface area contributed by atoms with Gasteiger partial charge in [0.2, 0.25) is 0 Å². The maximum Gasteiger partial charge on any atom is 0.111 e. The van der Waals surface area contributed by atoms with Crippen molar-refractivity contribution in [2.75, 3.05) is 0 Å². The van der Waals surface area contributed by atoms with E-state index in [4.69, 9.17) is 10.8 Å². The number of aryl methyl sites for hydroxylation is 1. The second-order valence-electron chi connectivity index (χ2n) is 5.86. The van der Waals surface area contributed by atoms with E-state index in [1.807, 2.05) is 6.07 Å². The van der Waals surface area contributed by atoms with Gasteiger partial charge in [0.05, 0.1) is 11.0 Å². The Labute approximate surface area is 127 Å². The zero-order chi connectivity index (χ0) is 15.2. The summed E-state index contributed by atoms with van der Waals surface area (Å²) in [5.41, 5.74) is 5.28. The van der Waals surface area contributed by atoms with Gasteiger partial charge >= 0.3 is 0 Å². The van der Waals surface area contributed by atoms with Gasteiger partial charge in [0.1, 0.15) is 5.82 Å². The van der Waals surface area contributed by atoms with Gasteiger partial charge in [0.25, 0.3) is 0 Å². The Hall–Kier alpha value is -1.39. The van der Waals surface area contributed by atoms with Gasteiger partial charge < -0.3 is 4.57 Å². The van der Waals surface area contributed by atoms with Crippen LogP contribution < -0.4 is 11.3 Å². The van der Waals surface area contributed by atoms with Crippen molar-refractivity contribution in [1.82, 2.24) is 15.0 Å². The quantitative estimate of drug-likeness (QED) is 0.579. The summed E-state index contributed by atoms with van der Waals surface area (Å²) in [6, 6.07) is 8.57. The Balaban J connectivity index is 2.17. The number of imidazole rings is 1. The molecule has 2 rings (SSSR count). The van der Waals surface area contributed by atoms with Crippen LogP contribution in [0.1, 0.15) is 45.4 Å². The molecule has 4 nitrogen and oxygen atoms in total. The van der Waals surface area contributed by atoms with Crippen LogP contribution >= 0.6 is 0 Å². The topological polar surface area (TPSA) is 55.9 Å². The fraction of sp³-hybridized carbons (Fsp3) is 0.588. The molecule has 0 saturated heterocycles. The van der Waals surface area contributed by atoms with Gasteiger partial charge in [-0.2, -0.15) is 0 Å². The van der Waals surface area contributed by atoms with Crippen LogP contribution in [0, 0.1) is 5.92 Å². The number of nitrogens with zero attached hydrogens (tertiary/aromatic N) is 2. The average Bonchev–Trinajstić information content (AvgIpc) is 2.83. The van der Waals surface area contributed by atoms with Crippen molar-refractivity contribution >= 4 is 11.0 Å². The van der Waals surface area contributed by atoms with Crippen molar-refractivity contribution in [3.05, 3.63) is 30.1 Å². The molecule has 3 N–H and O–H groups in total. The molecule has 0 aliphatic heterocycles. The van der Waals surface area contributed by atoms with Crippen LogP contribution in [0.4, 0.5) is 0 Å². The van der Waals surface area contributed by atoms with E-state index in [9.17, 15) is 0 Å². The first-order valence-corrected chi connectivity index (χ1v) is 8.07. The molecule has 0 fully saturated rings. The van der Waals surface area contributed by atoms with E-state index in [-0.39, 0.29) is 6.04 Å². The number of benzene rings is 1. The third-order valence-corrected chi connectivity index (χ3v) is 4.52. The number of aromatic nitrogens is 2. The number of hydrazine groups is 1. The molecule has 4 heteroatoms. The number of rotatable bonds is 8. The Bertz CT molecular complexity index is 561. The minimum Gasteiger partial charge on any atom is -0.331 e. The number of unbranched alkanes of at least 4 members (excludes halogenated alkanes) is 1. The smallest absolute Gasteiger partial charge is 0.111 e. The van der Waals surface area contributed by atoms with Crippen molar-refractivity contribution < 1.29 is 0 Å². The van der Waals surface area contributed by atoms with Gasteiger partial charge in [0.15, 0.2) is 0 Å². The van der Waals surface area contributed by atoms with Gasteiger partial charge in [-0.05, 0) is 24.5 Å². The first-order valence-electron chi connectivity index (χ1n) is 8.07. The zero-order valence-electron chi connectivity index (χ0n) is 13.5. The molecule has 0 saturated carbocycles. The lowest BCUT2D eigenvalue weighted by molar-refractivity contribution is 0.313. The summed E-state index contributed by atoms with van der Waals surface area (Å²) in [7, 11) is 2.09. The van der Waals surface area contributed by atoms with Crippen molar-refractivity contribution in [3.8, 4) is 0 Å². The molecule has 1 heterocycles. The molecule has 21 heavy (non-hydrogen) atoms. The highest BCUT2D eigenvalue weighted by atomic mass is 15.2. The summed E-state index contributed by atoms with van der Waals surface area (Å²) in [6.07, 6.45) is 5.76. The van der Waals surface area contributed by atoms with Gasteiger partial charge in [-0.1, -0.05) is 45.2 Å². The normalized spacial score (nSPS) is 14.5. The van der Waals surface area contributed by atoms with Crippen LogP contribution in [0.25, 0.3) is 11.0 Å². The van der Waals surface area contributed by atoms with Crippen LogP contribution in [0.2, 0.25) is 0 Å². The Morgan fingerprint density at radius 3 is 2.67 bits per heavy atom. The highest BCUT2D eigenvalue weighted by molar-refractivity contribution is 5.75. The van der Waals surface area contributed by atoms with Gasteiger partial charge in [-0.3, -0.25) is 11.3 Å². The van der Waals surface area contributed by atoms with E-state index in [0.29, 0.717) is 5.92 Å². The van der Waals surface area contributed by atoms with E-state index >= 15 is 0 Å². The first-order chi connectivity index (χ1) is 10.2. The zero-order valence-corrected chi connectivity index (χ0v) is 13.5. The second kappa shape index (κ2) is 7.57. The van der Waals surface area contributed by atoms with Gasteiger partial charge in [-0.25, -0.2) is 4.98 Å². The monoisotopic (exact) mass is 288 g/mol.